The van der Waals surface area contributed by atoms with Crippen LogP contribution in [0.25, 0.3) is 0 Å². The van der Waals surface area contributed by atoms with Crippen LogP contribution in [0.1, 0.15) is 49.8 Å². The predicted molar refractivity (Wildman–Crippen MR) is 101 cm³/mol. The van der Waals surface area contributed by atoms with Crippen LogP contribution in [0, 0.1) is 23.7 Å². The van der Waals surface area contributed by atoms with E-state index in [1.165, 1.54) is 19.3 Å². The lowest BCUT2D eigenvalue weighted by Gasteiger charge is -2.50. The predicted octanol–water partition coefficient (Wildman–Crippen LogP) is 3.63. The summed E-state index contributed by atoms with van der Waals surface area (Å²) in [7, 11) is 1.79. The van der Waals surface area contributed by atoms with Crippen molar-refractivity contribution in [3.8, 4) is 11.8 Å². The molecule has 0 radical (unpaired) electrons. The highest BCUT2D eigenvalue weighted by atomic mass is 32.1. The summed E-state index contributed by atoms with van der Waals surface area (Å²) in [4.78, 5) is 3.46. The highest BCUT2D eigenvalue weighted by Gasteiger charge is 2.47. The lowest BCUT2D eigenvalue weighted by atomic mass is 9.73. The van der Waals surface area contributed by atoms with Crippen LogP contribution >= 0.6 is 11.3 Å². The Morgan fingerprint density at radius 2 is 2.00 bits per heavy atom. The molecule has 0 spiro atoms. The van der Waals surface area contributed by atoms with Crippen molar-refractivity contribution in [2.75, 3.05) is 26.7 Å². The van der Waals surface area contributed by atoms with Crippen LogP contribution in [-0.4, -0.2) is 42.4 Å². The Morgan fingerprint density at radius 3 is 2.56 bits per heavy atom. The molecule has 4 fully saturated rings. The minimum absolute atomic E-state index is 0.238. The third-order valence-corrected chi connectivity index (χ3v) is 7.62. The molecule has 3 nitrogen and oxygen atoms in total. The van der Waals surface area contributed by atoms with Gasteiger partial charge in [-0.1, -0.05) is 37.2 Å². The molecule has 3 saturated heterocycles. The number of ether oxygens (including phenoxy) is 1. The van der Waals surface area contributed by atoms with Gasteiger partial charge < -0.3 is 9.84 Å². The van der Waals surface area contributed by atoms with Gasteiger partial charge in [-0.25, -0.2) is 0 Å². The van der Waals surface area contributed by atoms with Gasteiger partial charge in [-0.05, 0) is 50.2 Å². The van der Waals surface area contributed by atoms with Crippen molar-refractivity contribution >= 4 is 11.3 Å². The maximum Gasteiger partial charge on any atom is 0.162 e. The van der Waals surface area contributed by atoms with E-state index >= 15 is 0 Å². The second kappa shape index (κ2) is 7.04. The van der Waals surface area contributed by atoms with Gasteiger partial charge in [0.2, 0.25) is 0 Å². The standard InChI is InChI=1S/C21H29NO2S/c1-24-20(16-22-13-9-17(20)10-14-22)11-12-21(23,19-8-5-15-25-19)18-6-3-2-4-7-18/h5,8,15,17-18,23H,2-4,6-7,9-10,13-14,16H2,1H3/t20-,21?/m1/s1. The first-order valence-electron chi connectivity index (χ1n) is 9.74. The number of hydrogen-bond donors (Lipinski definition) is 1. The van der Waals surface area contributed by atoms with E-state index in [0.717, 1.165) is 50.2 Å². The molecule has 4 heterocycles. The quantitative estimate of drug-likeness (QED) is 0.837. The summed E-state index contributed by atoms with van der Waals surface area (Å²) in [6, 6.07) is 4.07. The Morgan fingerprint density at radius 1 is 1.24 bits per heavy atom. The zero-order valence-corrected chi connectivity index (χ0v) is 16.0. The normalized spacial score (nSPS) is 35.0. The maximum absolute atomic E-state index is 11.7. The van der Waals surface area contributed by atoms with E-state index in [-0.39, 0.29) is 5.92 Å². The van der Waals surface area contributed by atoms with E-state index in [1.54, 1.807) is 18.4 Å². The molecule has 25 heavy (non-hydrogen) atoms. The highest BCUT2D eigenvalue weighted by Crippen LogP contribution is 2.42. The number of nitrogens with zero attached hydrogens (tertiary/aromatic N) is 1. The van der Waals surface area contributed by atoms with Crippen LogP contribution in [0.3, 0.4) is 0 Å². The third kappa shape index (κ3) is 3.17. The molecule has 4 heteroatoms. The molecular weight excluding hydrogens is 330 g/mol. The Hall–Kier alpha value is -0.860. The van der Waals surface area contributed by atoms with Crippen LogP contribution in [0.2, 0.25) is 0 Å². The molecule has 1 unspecified atom stereocenters. The SMILES string of the molecule is CO[C@]1(C#CC(O)(c2cccs2)C2CCCCC2)CN2CCC1CC2. The van der Waals surface area contributed by atoms with Crippen molar-refractivity contribution < 1.29 is 9.84 Å². The van der Waals surface area contributed by atoms with E-state index in [9.17, 15) is 5.11 Å². The van der Waals surface area contributed by atoms with Gasteiger partial charge in [0.25, 0.3) is 0 Å². The minimum Gasteiger partial charge on any atom is -0.372 e. The van der Waals surface area contributed by atoms with Crippen LogP contribution in [0.15, 0.2) is 17.5 Å². The van der Waals surface area contributed by atoms with Crippen molar-refractivity contribution in [2.24, 2.45) is 11.8 Å². The van der Waals surface area contributed by atoms with E-state index in [2.05, 4.69) is 16.7 Å². The number of rotatable bonds is 3. The number of aliphatic hydroxyl groups is 1. The van der Waals surface area contributed by atoms with Gasteiger partial charge in [-0.15, -0.1) is 11.3 Å². The third-order valence-electron chi connectivity index (χ3n) is 6.63. The van der Waals surface area contributed by atoms with Gasteiger partial charge in [-0.2, -0.15) is 0 Å². The first-order valence-corrected chi connectivity index (χ1v) is 10.6. The summed E-state index contributed by atoms with van der Waals surface area (Å²) in [6.45, 7) is 3.21. The number of fused-ring (bicyclic) bond motifs is 3. The summed E-state index contributed by atoms with van der Waals surface area (Å²) in [5.74, 6) is 7.60. The van der Waals surface area contributed by atoms with Crippen molar-refractivity contribution in [1.29, 1.82) is 0 Å². The molecule has 2 atom stereocenters. The van der Waals surface area contributed by atoms with E-state index < -0.39 is 11.2 Å². The Kier molecular flexibility index (Phi) is 4.94. The first-order chi connectivity index (χ1) is 12.2. The number of methoxy groups -OCH3 is 1. The van der Waals surface area contributed by atoms with Gasteiger partial charge >= 0.3 is 0 Å². The van der Waals surface area contributed by atoms with Gasteiger partial charge in [0, 0.05) is 30.4 Å². The van der Waals surface area contributed by atoms with Gasteiger partial charge in [-0.3, -0.25) is 4.90 Å². The largest absolute Gasteiger partial charge is 0.372 e. The fourth-order valence-electron chi connectivity index (χ4n) is 5.02. The molecule has 1 aromatic rings. The lowest BCUT2D eigenvalue weighted by molar-refractivity contribution is -0.0968. The van der Waals surface area contributed by atoms with Gasteiger partial charge in [0.15, 0.2) is 5.60 Å². The van der Waals surface area contributed by atoms with E-state index in [1.807, 2.05) is 17.5 Å². The van der Waals surface area contributed by atoms with E-state index in [0.29, 0.717) is 5.92 Å². The summed E-state index contributed by atoms with van der Waals surface area (Å²) < 4.78 is 5.99. The van der Waals surface area contributed by atoms with Crippen LogP contribution in [0.4, 0.5) is 0 Å². The molecule has 1 N–H and O–H groups in total. The molecule has 0 amide bonds. The topological polar surface area (TPSA) is 32.7 Å². The molecule has 136 valence electrons. The zero-order chi connectivity index (χ0) is 17.3. The molecule has 1 aliphatic carbocycles. The molecule has 1 saturated carbocycles. The lowest BCUT2D eigenvalue weighted by Crippen LogP contribution is -2.59. The summed E-state index contributed by atoms with van der Waals surface area (Å²) in [5.41, 5.74) is -1.43. The van der Waals surface area contributed by atoms with Crippen molar-refractivity contribution in [3.05, 3.63) is 22.4 Å². The van der Waals surface area contributed by atoms with Crippen LogP contribution in [0.5, 0.6) is 0 Å². The monoisotopic (exact) mass is 359 g/mol. The second-order valence-electron chi connectivity index (χ2n) is 7.97. The summed E-state index contributed by atoms with van der Waals surface area (Å²) in [6.07, 6.45) is 8.13. The Balaban J connectivity index is 1.68. The fourth-order valence-corrected chi connectivity index (χ4v) is 5.88. The zero-order valence-electron chi connectivity index (χ0n) is 15.2. The smallest absolute Gasteiger partial charge is 0.162 e. The van der Waals surface area contributed by atoms with E-state index in [4.69, 9.17) is 4.74 Å². The molecular formula is C21H29NO2S. The maximum atomic E-state index is 11.7. The summed E-state index contributed by atoms with van der Waals surface area (Å²) >= 11 is 1.63. The fraction of sp³-hybridized carbons (Fsp3) is 0.714. The highest BCUT2D eigenvalue weighted by molar-refractivity contribution is 7.10. The Labute approximate surface area is 155 Å². The van der Waals surface area contributed by atoms with Crippen molar-refractivity contribution in [2.45, 2.75) is 56.1 Å². The molecule has 5 rings (SSSR count). The van der Waals surface area contributed by atoms with Crippen LogP contribution < -0.4 is 0 Å². The van der Waals surface area contributed by atoms with Crippen molar-refractivity contribution in [3.63, 3.8) is 0 Å². The first kappa shape index (κ1) is 17.5. The molecule has 0 aromatic carbocycles. The molecule has 3 aliphatic heterocycles. The van der Waals surface area contributed by atoms with Crippen LogP contribution in [-0.2, 0) is 10.3 Å². The average Bonchev–Trinajstić information content (AvgIpc) is 3.23. The number of thiophene rings is 1. The second-order valence-corrected chi connectivity index (χ2v) is 8.92. The Bertz CT molecular complexity index is 635. The average molecular weight is 360 g/mol. The van der Waals surface area contributed by atoms with Crippen molar-refractivity contribution in [1.82, 2.24) is 4.90 Å². The molecule has 2 bridgehead atoms. The van der Waals surface area contributed by atoms with Gasteiger partial charge in [0.1, 0.15) is 5.60 Å². The van der Waals surface area contributed by atoms with Gasteiger partial charge in [0.05, 0.1) is 0 Å². The summed E-state index contributed by atoms with van der Waals surface area (Å²) in [5, 5.41) is 13.7. The number of piperidine rings is 3. The minimum atomic E-state index is -1.02. The molecule has 4 aliphatic rings. The number of hydrogen-bond acceptors (Lipinski definition) is 4. The molecule has 1 aromatic heterocycles.